The van der Waals surface area contributed by atoms with Crippen molar-refractivity contribution in [2.45, 2.75) is 27.4 Å². The van der Waals surface area contributed by atoms with Crippen LogP contribution in [-0.4, -0.2) is 10.8 Å². The molecule has 0 bridgehead atoms. The highest BCUT2D eigenvalue weighted by atomic mass is 16.6. The summed E-state index contributed by atoms with van der Waals surface area (Å²) in [5, 5.41) is 14.0. The topological polar surface area (TPSA) is 104 Å². The van der Waals surface area contributed by atoms with E-state index in [9.17, 15) is 14.9 Å². The van der Waals surface area contributed by atoms with E-state index in [4.69, 9.17) is 13.9 Å². The van der Waals surface area contributed by atoms with Crippen molar-refractivity contribution < 1.29 is 23.6 Å². The number of nitro groups is 1. The number of benzene rings is 3. The normalized spacial score (nSPS) is 10.6. The van der Waals surface area contributed by atoms with Crippen LogP contribution in [0.15, 0.2) is 77.2 Å². The van der Waals surface area contributed by atoms with E-state index in [0.717, 1.165) is 11.1 Å². The highest BCUT2D eigenvalue weighted by molar-refractivity contribution is 6.02. The highest BCUT2D eigenvalue weighted by Crippen LogP contribution is 2.30. The van der Waals surface area contributed by atoms with Crippen LogP contribution in [0, 0.1) is 30.9 Å². The summed E-state index contributed by atoms with van der Waals surface area (Å²) in [6.45, 7) is 6.09. The molecule has 1 heterocycles. The number of anilines is 1. The minimum Gasteiger partial charge on any atom is -0.486 e. The molecule has 1 N–H and O–H groups in total. The minimum absolute atomic E-state index is 0.0522. The molecule has 0 spiro atoms. The van der Waals surface area contributed by atoms with Crippen molar-refractivity contribution in [1.29, 1.82) is 0 Å². The van der Waals surface area contributed by atoms with Crippen molar-refractivity contribution in [3.8, 4) is 17.2 Å². The first-order valence-corrected chi connectivity index (χ1v) is 10.9. The molecule has 4 aromatic rings. The number of nitro benzene ring substituents is 1. The molecule has 0 fully saturated rings. The molecule has 8 nitrogen and oxygen atoms in total. The summed E-state index contributed by atoms with van der Waals surface area (Å²) < 4.78 is 17.1. The quantitative estimate of drug-likeness (QED) is 0.225. The Bertz CT molecular complexity index is 1390. The number of hydrogen-bond acceptors (Lipinski definition) is 6. The number of ether oxygens (including phenoxy) is 2. The van der Waals surface area contributed by atoms with Crippen LogP contribution in [0.1, 0.15) is 33.0 Å². The summed E-state index contributed by atoms with van der Waals surface area (Å²) in [7, 11) is 0. The summed E-state index contributed by atoms with van der Waals surface area (Å²) in [4.78, 5) is 23.6. The van der Waals surface area contributed by atoms with Crippen molar-refractivity contribution in [3.63, 3.8) is 0 Å². The van der Waals surface area contributed by atoms with Gasteiger partial charge in [-0.05, 0) is 73.9 Å². The lowest BCUT2D eigenvalue weighted by atomic mass is 10.1. The number of aryl methyl sites for hydroxylation is 3. The van der Waals surface area contributed by atoms with Gasteiger partial charge >= 0.3 is 0 Å². The van der Waals surface area contributed by atoms with Crippen molar-refractivity contribution in [1.82, 2.24) is 0 Å². The molecule has 0 saturated carbocycles. The van der Waals surface area contributed by atoms with Crippen LogP contribution in [0.3, 0.4) is 0 Å². The molecule has 0 unspecified atom stereocenters. The lowest BCUT2D eigenvalue weighted by molar-refractivity contribution is -0.384. The number of furan rings is 1. The van der Waals surface area contributed by atoms with Gasteiger partial charge in [-0.1, -0.05) is 18.2 Å². The maximum atomic E-state index is 12.7. The highest BCUT2D eigenvalue weighted by Gasteiger charge is 2.16. The maximum absolute atomic E-state index is 12.7. The average molecular weight is 472 g/mol. The molecular formula is C27H24N2O6. The molecule has 3 aromatic carbocycles. The first-order chi connectivity index (χ1) is 16.8. The van der Waals surface area contributed by atoms with Crippen LogP contribution >= 0.6 is 0 Å². The Morgan fingerprint density at radius 3 is 2.49 bits per heavy atom. The third-order valence-corrected chi connectivity index (χ3v) is 5.33. The van der Waals surface area contributed by atoms with Gasteiger partial charge in [-0.3, -0.25) is 14.9 Å². The zero-order valence-corrected chi connectivity index (χ0v) is 19.5. The summed E-state index contributed by atoms with van der Waals surface area (Å²) >= 11 is 0. The van der Waals surface area contributed by atoms with Crippen LogP contribution in [-0.2, 0) is 6.61 Å². The summed E-state index contributed by atoms with van der Waals surface area (Å²) in [6, 6.07) is 20.3. The molecule has 0 aliphatic rings. The number of rotatable bonds is 8. The van der Waals surface area contributed by atoms with E-state index >= 15 is 0 Å². The molecule has 1 amide bonds. The standard InChI is InChI=1S/C27H24N2O6/c1-17-5-4-6-23(11-17)34-25-14-20(13-21(15-25)29(31)32)28-27(30)26-10-9-24(35-26)16-33-22-8-7-18(2)19(3)12-22/h4-15H,16H2,1-3H3,(H,28,30). The van der Waals surface area contributed by atoms with Crippen LogP contribution < -0.4 is 14.8 Å². The van der Waals surface area contributed by atoms with Crippen LogP contribution in [0.5, 0.6) is 17.2 Å². The molecule has 0 saturated heterocycles. The summed E-state index contributed by atoms with van der Waals surface area (Å²) in [5.41, 5.74) is 3.26. The number of non-ortho nitro benzene ring substituents is 1. The van der Waals surface area contributed by atoms with Gasteiger partial charge in [0.05, 0.1) is 16.7 Å². The second-order valence-corrected chi connectivity index (χ2v) is 8.15. The number of amides is 1. The number of nitrogens with one attached hydrogen (secondary N) is 1. The van der Waals surface area contributed by atoms with E-state index in [0.29, 0.717) is 17.3 Å². The van der Waals surface area contributed by atoms with E-state index < -0.39 is 10.8 Å². The molecule has 178 valence electrons. The predicted octanol–water partition coefficient (Wildman–Crippen LogP) is 6.74. The summed E-state index contributed by atoms with van der Waals surface area (Å²) in [5.74, 6) is 1.43. The van der Waals surface area contributed by atoms with Gasteiger partial charge in [-0.2, -0.15) is 0 Å². The molecule has 4 rings (SSSR count). The Labute approximate surface area is 202 Å². The fourth-order valence-corrected chi connectivity index (χ4v) is 3.36. The monoisotopic (exact) mass is 472 g/mol. The predicted molar refractivity (Wildman–Crippen MR) is 131 cm³/mol. The number of nitrogens with zero attached hydrogens (tertiary/aromatic N) is 1. The van der Waals surface area contributed by atoms with Gasteiger partial charge in [-0.25, -0.2) is 0 Å². The second kappa shape index (κ2) is 10.1. The molecule has 0 aliphatic carbocycles. The molecule has 1 aromatic heterocycles. The van der Waals surface area contributed by atoms with Crippen molar-refractivity contribution in [3.05, 3.63) is 111 Å². The first-order valence-electron chi connectivity index (χ1n) is 10.9. The fraction of sp³-hybridized carbons (Fsp3) is 0.148. The molecular weight excluding hydrogens is 448 g/mol. The Morgan fingerprint density at radius 2 is 1.74 bits per heavy atom. The Hall–Kier alpha value is -4.59. The summed E-state index contributed by atoms with van der Waals surface area (Å²) in [6.07, 6.45) is 0. The number of carbonyl (C=O) groups excluding carboxylic acids is 1. The van der Waals surface area contributed by atoms with Crippen LogP contribution in [0.2, 0.25) is 0 Å². The van der Waals surface area contributed by atoms with Crippen molar-refractivity contribution in [2.24, 2.45) is 0 Å². The lowest BCUT2D eigenvalue weighted by Gasteiger charge is -2.09. The maximum Gasteiger partial charge on any atom is 0.291 e. The largest absolute Gasteiger partial charge is 0.486 e. The zero-order chi connectivity index (χ0) is 24.9. The minimum atomic E-state index is -0.551. The Balaban J connectivity index is 1.46. The average Bonchev–Trinajstić information content (AvgIpc) is 3.29. The Kier molecular flexibility index (Phi) is 6.82. The number of hydrogen-bond donors (Lipinski definition) is 1. The second-order valence-electron chi connectivity index (χ2n) is 8.15. The van der Waals surface area contributed by atoms with Gasteiger partial charge in [0.2, 0.25) is 0 Å². The Morgan fingerprint density at radius 1 is 0.914 bits per heavy atom. The molecule has 0 radical (unpaired) electrons. The van der Waals surface area contributed by atoms with Gasteiger partial charge < -0.3 is 19.2 Å². The fourth-order valence-electron chi connectivity index (χ4n) is 3.36. The lowest BCUT2D eigenvalue weighted by Crippen LogP contribution is -2.11. The van der Waals surface area contributed by atoms with Gasteiger partial charge in [0.15, 0.2) is 5.76 Å². The molecule has 8 heteroatoms. The van der Waals surface area contributed by atoms with Gasteiger partial charge in [-0.15, -0.1) is 0 Å². The molecule has 0 aliphatic heterocycles. The van der Waals surface area contributed by atoms with E-state index in [1.54, 1.807) is 12.1 Å². The van der Waals surface area contributed by atoms with E-state index in [1.165, 1.54) is 29.8 Å². The zero-order valence-electron chi connectivity index (χ0n) is 19.5. The first kappa shape index (κ1) is 23.6. The van der Waals surface area contributed by atoms with E-state index in [2.05, 4.69) is 5.32 Å². The SMILES string of the molecule is Cc1cccc(Oc2cc(NC(=O)c3ccc(COc4ccc(C)c(C)c4)o3)cc([N+](=O)[O-])c2)c1. The van der Waals surface area contributed by atoms with Crippen LogP contribution in [0.25, 0.3) is 0 Å². The third-order valence-electron chi connectivity index (χ3n) is 5.33. The van der Waals surface area contributed by atoms with E-state index in [1.807, 2.05) is 57.2 Å². The van der Waals surface area contributed by atoms with Crippen molar-refractivity contribution >= 4 is 17.3 Å². The van der Waals surface area contributed by atoms with Gasteiger partial charge in [0.1, 0.15) is 29.6 Å². The van der Waals surface area contributed by atoms with Gasteiger partial charge in [0.25, 0.3) is 11.6 Å². The number of carbonyl (C=O) groups is 1. The van der Waals surface area contributed by atoms with Crippen molar-refractivity contribution in [2.75, 3.05) is 5.32 Å². The third kappa shape index (κ3) is 6.05. The molecule has 35 heavy (non-hydrogen) atoms. The smallest absolute Gasteiger partial charge is 0.291 e. The van der Waals surface area contributed by atoms with E-state index in [-0.39, 0.29) is 29.5 Å². The molecule has 0 atom stereocenters. The van der Waals surface area contributed by atoms with Crippen LogP contribution in [0.4, 0.5) is 11.4 Å². The van der Waals surface area contributed by atoms with Gasteiger partial charge in [0, 0.05) is 12.1 Å².